The van der Waals surface area contributed by atoms with Crippen molar-refractivity contribution >= 4 is 0 Å². The predicted octanol–water partition coefficient (Wildman–Crippen LogP) is 3.06. The van der Waals surface area contributed by atoms with E-state index in [1.165, 1.54) is 22.3 Å². The van der Waals surface area contributed by atoms with Gasteiger partial charge in [-0.05, 0) is 68.5 Å². The Balaban J connectivity index is 2.26. The maximum Gasteiger partial charge on any atom is 0.0672 e. The highest BCUT2D eigenvalue weighted by atomic mass is 15.2. The molecule has 2 aromatic rings. The summed E-state index contributed by atoms with van der Waals surface area (Å²) in [5, 5.41) is 0. The Bertz CT molecular complexity index is 585. The van der Waals surface area contributed by atoms with Crippen LogP contribution in [0, 0.1) is 27.7 Å². The maximum atomic E-state index is 5.73. The van der Waals surface area contributed by atoms with E-state index in [0.29, 0.717) is 0 Å². The molecule has 1 atom stereocenters. The van der Waals surface area contributed by atoms with Gasteiger partial charge in [0.05, 0.1) is 11.7 Å². The summed E-state index contributed by atoms with van der Waals surface area (Å²) in [7, 11) is 0. The van der Waals surface area contributed by atoms with Gasteiger partial charge in [0.2, 0.25) is 0 Å². The van der Waals surface area contributed by atoms with Crippen molar-refractivity contribution in [3.8, 4) is 0 Å². The molecular formula is C17H23N3. The second-order valence-corrected chi connectivity index (χ2v) is 5.55. The molecular weight excluding hydrogens is 246 g/mol. The van der Waals surface area contributed by atoms with Gasteiger partial charge in [-0.25, -0.2) is 0 Å². The van der Waals surface area contributed by atoms with Gasteiger partial charge in [0, 0.05) is 5.69 Å². The number of hydrogen-bond acceptors (Lipinski definition) is 3. The number of nitrogens with one attached hydrogen (secondary N) is 1. The van der Waals surface area contributed by atoms with Gasteiger partial charge in [0.25, 0.3) is 0 Å². The van der Waals surface area contributed by atoms with Crippen LogP contribution in [0.1, 0.15) is 39.7 Å². The summed E-state index contributed by atoms with van der Waals surface area (Å²) in [6.07, 6.45) is 0.841. The zero-order valence-electron chi connectivity index (χ0n) is 12.7. The van der Waals surface area contributed by atoms with Crippen LogP contribution in [0.15, 0.2) is 30.3 Å². The number of aryl methyl sites for hydroxylation is 4. The minimum Gasteiger partial charge on any atom is -0.271 e. The first kappa shape index (κ1) is 14.7. The van der Waals surface area contributed by atoms with Gasteiger partial charge in [0.1, 0.15) is 0 Å². The third kappa shape index (κ3) is 3.44. The van der Waals surface area contributed by atoms with Gasteiger partial charge < -0.3 is 0 Å². The van der Waals surface area contributed by atoms with E-state index in [4.69, 9.17) is 5.84 Å². The third-order valence-corrected chi connectivity index (χ3v) is 3.69. The number of aromatic nitrogens is 1. The zero-order chi connectivity index (χ0) is 14.7. The molecule has 1 aromatic heterocycles. The molecule has 3 nitrogen and oxygen atoms in total. The van der Waals surface area contributed by atoms with E-state index >= 15 is 0 Å². The molecule has 0 spiro atoms. The molecule has 0 saturated carbocycles. The van der Waals surface area contributed by atoms with Gasteiger partial charge >= 0.3 is 0 Å². The monoisotopic (exact) mass is 269 g/mol. The highest BCUT2D eigenvalue weighted by Gasteiger charge is 2.13. The Morgan fingerprint density at radius 2 is 1.80 bits per heavy atom. The van der Waals surface area contributed by atoms with Crippen LogP contribution >= 0.6 is 0 Å². The smallest absolute Gasteiger partial charge is 0.0672 e. The zero-order valence-corrected chi connectivity index (χ0v) is 12.7. The molecule has 3 heteroatoms. The number of hydrogen-bond donors (Lipinski definition) is 2. The molecule has 0 amide bonds. The van der Waals surface area contributed by atoms with Crippen LogP contribution < -0.4 is 11.3 Å². The molecule has 0 aliphatic heterocycles. The van der Waals surface area contributed by atoms with E-state index in [1.54, 1.807) is 0 Å². The predicted molar refractivity (Wildman–Crippen MR) is 83.4 cm³/mol. The van der Waals surface area contributed by atoms with Crippen molar-refractivity contribution in [3.05, 3.63) is 64.0 Å². The lowest BCUT2D eigenvalue weighted by atomic mass is 9.98. The van der Waals surface area contributed by atoms with Crippen molar-refractivity contribution in [2.75, 3.05) is 0 Å². The van der Waals surface area contributed by atoms with E-state index in [-0.39, 0.29) is 6.04 Å². The molecule has 0 aliphatic carbocycles. The fourth-order valence-electron chi connectivity index (χ4n) is 2.47. The molecule has 1 aromatic carbocycles. The fraction of sp³-hybridized carbons (Fsp3) is 0.353. The van der Waals surface area contributed by atoms with Crippen LogP contribution in [0.3, 0.4) is 0 Å². The summed E-state index contributed by atoms with van der Waals surface area (Å²) in [5.41, 5.74) is 10.0. The molecule has 0 saturated heterocycles. The summed E-state index contributed by atoms with van der Waals surface area (Å²) >= 11 is 0. The fourth-order valence-corrected chi connectivity index (χ4v) is 2.47. The first-order valence-electron chi connectivity index (χ1n) is 6.97. The molecule has 1 heterocycles. The molecule has 1 unspecified atom stereocenters. The molecule has 0 aliphatic rings. The van der Waals surface area contributed by atoms with Crippen molar-refractivity contribution in [2.45, 2.75) is 40.2 Å². The van der Waals surface area contributed by atoms with Gasteiger partial charge in [-0.15, -0.1) is 0 Å². The van der Waals surface area contributed by atoms with Crippen LogP contribution in [-0.2, 0) is 6.42 Å². The second kappa shape index (κ2) is 6.16. The van der Waals surface area contributed by atoms with Crippen LogP contribution in [0.25, 0.3) is 0 Å². The van der Waals surface area contributed by atoms with Crippen molar-refractivity contribution in [2.24, 2.45) is 5.84 Å². The number of hydrazine groups is 1. The minimum atomic E-state index is 0.0377. The lowest BCUT2D eigenvalue weighted by Crippen LogP contribution is -2.30. The normalized spacial score (nSPS) is 12.4. The van der Waals surface area contributed by atoms with Crippen LogP contribution in [0.2, 0.25) is 0 Å². The Kier molecular flexibility index (Phi) is 4.53. The Morgan fingerprint density at radius 1 is 1.05 bits per heavy atom. The summed E-state index contributed by atoms with van der Waals surface area (Å²) in [6, 6.07) is 10.8. The SMILES string of the molecule is Cc1cc(C)nc(C(Cc2ccc(C)c(C)c2)NN)c1. The average Bonchev–Trinajstić information content (AvgIpc) is 2.38. The molecule has 2 rings (SSSR count). The average molecular weight is 269 g/mol. The van der Waals surface area contributed by atoms with Crippen molar-refractivity contribution in [3.63, 3.8) is 0 Å². The number of rotatable bonds is 4. The van der Waals surface area contributed by atoms with E-state index in [2.05, 4.69) is 61.5 Å². The van der Waals surface area contributed by atoms with Crippen molar-refractivity contribution in [1.29, 1.82) is 0 Å². The van der Waals surface area contributed by atoms with E-state index in [9.17, 15) is 0 Å². The number of nitrogens with zero attached hydrogens (tertiary/aromatic N) is 1. The van der Waals surface area contributed by atoms with Gasteiger partial charge in [-0.2, -0.15) is 0 Å². The molecule has 3 N–H and O–H groups in total. The van der Waals surface area contributed by atoms with Crippen molar-refractivity contribution in [1.82, 2.24) is 10.4 Å². The first-order valence-corrected chi connectivity index (χ1v) is 6.97. The van der Waals surface area contributed by atoms with Gasteiger partial charge in [-0.3, -0.25) is 16.3 Å². The maximum absolute atomic E-state index is 5.73. The first-order chi connectivity index (χ1) is 9.49. The van der Waals surface area contributed by atoms with Crippen molar-refractivity contribution < 1.29 is 0 Å². The van der Waals surface area contributed by atoms with Crippen LogP contribution in [0.5, 0.6) is 0 Å². The number of pyridine rings is 1. The molecule has 106 valence electrons. The molecule has 0 radical (unpaired) electrons. The largest absolute Gasteiger partial charge is 0.271 e. The Hall–Kier alpha value is -1.71. The van der Waals surface area contributed by atoms with E-state index < -0.39 is 0 Å². The van der Waals surface area contributed by atoms with Crippen LogP contribution in [0.4, 0.5) is 0 Å². The number of nitrogens with two attached hydrogens (primary N) is 1. The highest BCUT2D eigenvalue weighted by Crippen LogP contribution is 2.19. The minimum absolute atomic E-state index is 0.0377. The topological polar surface area (TPSA) is 50.9 Å². The van der Waals surface area contributed by atoms with Gasteiger partial charge in [0.15, 0.2) is 0 Å². The Labute approximate surface area is 121 Å². The lowest BCUT2D eigenvalue weighted by Gasteiger charge is -2.17. The quantitative estimate of drug-likeness (QED) is 0.662. The second-order valence-electron chi connectivity index (χ2n) is 5.55. The van der Waals surface area contributed by atoms with E-state index in [0.717, 1.165) is 17.8 Å². The van der Waals surface area contributed by atoms with Crippen LogP contribution in [-0.4, -0.2) is 4.98 Å². The molecule has 0 fully saturated rings. The Morgan fingerprint density at radius 3 is 2.40 bits per heavy atom. The lowest BCUT2D eigenvalue weighted by molar-refractivity contribution is 0.536. The molecule has 0 bridgehead atoms. The summed E-state index contributed by atoms with van der Waals surface area (Å²) in [6.45, 7) is 8.36. The van der Waals surface area contributed by atoms with E-state index in [1.807, 2.05) is 6.92 Å². The third-order valence-electron chi connectivity index (χ3n) is 3.69. The summed E-state index contributed by atoms with van der Waals surface area (Å²) in [5.74, 6) is 5.73. The van der Waals surface area contributed by atoms with Gasteiger partial charge in [-0.1, -0.05) is 18.2 Å². The number of benzene rings is 1. The highest BCUT2D eigenvalue weighted by molar-refractivity contribution is 5.31. The molecule has 20 heavy (non-hydrogen) atoms. The summed E-state index contributed by atoms with van der Waals surface area (Å²) < 4.78 is 0. The standard InChI is InChI=1S/C17H23N3/c1-11-7-14(4)19-16(8-11)17(20-18)10-15-6-5-12(2)13(3)9-15/h5-9,17,20H,10,18H2,1-4H3. The summed E-state index contributed by atoms with van der Waals surface area (Å²) in [4.78, 5) is 4.60.